The molecule has 23 heavy (non-hydrogen) atoms. The zero-order valence-electron chi connectivity index (χ0n) is 12.6. The highest BCUT2D eigenvalue weighted by Crippen LogP contribution is 2.25. The van der Waals surface area contributed by atoms with Crippen LogP contribution >= 0.6 is 0 Å². The van der Waals surface area contributed by atoms with Crippen LogP contribution in [0.1, 0.15) is 5.69 Å². The van der Waals surface area contributed by atoms with E-state index in [1.165, 1.54) is 11.1 Å². The Bertz CT molecular complexity index is 940. The number of benzene rings is 2. The summed E-state index contributed by atoms with van der Waals surface area (Å²) in [5.41, 5.74) is 11.9. The fourth-order valence-corrected chi connectivity index (χ4v) is 2.79. The zero-order chi connectivity index (χ0) is 15.6. The van der Waals surface area contributed by atoms with Crippen molar-refractivity contribution in [3.8, 4) is 22.4 Å². The van der Waals surface area contributed by atoms with Crippen molar-refractivity contribution in [1.82, 2.24) is 14.4 Å². The fraction of sp³-hybridized carbons (Fsp3) is 0.0526. The van der Waals surface area contributed by atoms with Crippen LogP contribution in [0.4, 0.5) is 0 Å². The standard InChI is InChI=1S/C19H16N4/c20-12-17-19-22-13-18(23(19)11-10-21-17)16-8-6-15(7-9-16)14-4-2-1-3-5-14/h1-11,13H,12,20H2. The number of hydrogen-bond acceptors (Lipinski definition) is 3. The molecule has 0 radical (unpaired) electrons. The second-order valence-corrected chi connectivity index (χ2v) is 5.36. The molecule has 2 aromatic carbocycles. The van der Waals surface area contributed by atoms with Crippen LogP contribution in [0, 0.1) is 0 Å². The van der Waals surface area contributed by atoms with Crippen LogP contribution in [0.3, 0.4) is 0 Å². The third-order valence-corrected chi connectivity index (χ3v) is 3.98. The minimum Gasteiger partial charge on any atom is -0.325 e. The van der Waals surface area contributed by atoms with Gasteiger partial charge in [0.05, 0.1) is 17.6 Å². The molecule has 0 aliphatic carbocycles. The van der Waals surface area contributed by atoms with Gasteiger partial charge >= 0.3 is 0 Å². The first kappa shape index (κ1) is 13.7. The lowest BCUT2D eigenvalue weighted by molar-refractivity contribution is 0.963. The van der Waals surface area contributed by atoms with E-state index >= 15 is 0 Å². The molecule has 4 rings (SSSR count). The maximum Gasteiger partial charge on any atom is 0.160 e. The predicted molar refractivity (Wildman–Crippen MR) is 91.8 cm³/mol. The number of hydrogen-bond donors (Lipinski definition) is 1. The summed E-state index contributed by atoms with van der Waals surface area (Å²) >= 11 is 0. The highest BCUT2D eigenvalue weighted by atomic mass is 15.0. The van der Waals surface area contributed by atoms with Crippen LogP contribution in [0.25, 0.3) is 28.0 Å². The summed E-state index contributed by atoms with van der Waals surface area (Å²) < 4.78 is 2.03. The molecular weight excluding hydrogens is 284 g/mol. The van der Waals surface area contributed by atoms with E-state index in [-0.39, 0.29) is 0 Å². The molecule has 2 N–H and O–H groups in total. The molecule has 0 aliphatic rings. The van der Waals surface area contributed by atoms with Crippen LogP contribution in [0.15, 0.2) is 73.2 Å². The van der Waals surface area contributed by atoms with Gasteiger partial charge in [-0.2, -0.15) is 0 Å². The summed E-state index contributed by atoms with van der Waals surface area (Å²) in [6.45, 7) is 0.383. The molecule has 0 amide bonds. The number of nitrogens with zero attached hydrogens (tertiary/aromatic N) is 3. The van der Waals surface area contributed by atoms with Crippen molar-refractivity contribution in [3.63, 3.8) is 0 Å². The molecule has 0 saturated carbocycles. The van der Waals surface area contributed by atoms with Gasteiger partial charge in [-0.3, -0.25) is 9.38 Å². The first-order valence-corrected chi connectivity index (χ1v) is 7.53. The van der Waals surface area contributed by atoms with E-state index in [4.69, 9.17) is 5.73 Å². The lowest BCUT2D eigenvalue weighted by atomic mass is 10.0. The Morgan fingerprint density at radius 3 is 2.26 bits per heavy atom. The van der Waals surface area contributed by atoms with Crippen molar-refractivity contribution in [2.75, 3.05) is 0 Å². The van der Waals surface area contributed by atoms with E-state index in [2.05, 4.69) is 58.5 Å². The molecule has 4 aromatic rings. The maximum atomic E-state index is 5.73. The molecule has 0 atom stereocenters. The summed E-state index contributed by atoms with van der Waals surface area (Å²) in [6.07, 6.45) is 5.55. The van der Waals surface area contributed by atoms with E-state index in [0.29, 0.717) is 6.54 Å². The second kappa shape index (κ2) is 5.66. The number of aromatic nitrogens is 3. The van der Waals surface area contributed by atoms with Crippen LogP contribution in [-0.2, 0) is 6.54 Å². The van der Waals surface area contributed by atoms with Gasteiger partial charge in [-0.1, -0.05) is 54.6 Å². The first-order valence-electron chi connectivity index (χ1n) is 7.53. The average molecular weight is 300 g/mol. The van der Waals surface area contributed by atoms with E-state index < -0.39 is 0 Å². The molecule has 2 aromatic heterocycles. The minimum atomic E-state index is 0.383. The third kappa shape index (κ3) is 2.39. The lowest BCUT2D eigenvalue weighted by Crippen LogP contribution is -2.03. The van der Waals surface area contributed by atoms with Crippen molar-refractivity contribution in [3.05, 3.63) is 78.9 Å². The number of imidazole rings is 1. The van der Waals surface area contributed by atoms with E-state index in [0.717, 1.165) is 22.6 Å². The zero-order valence-corrected chi connectivity index (χ0v) is 12.6. The summed E-state index contributed by atoms with van der Waals surface area (Å²) in [4.78, 5) is 8.74. The van der Waals surface area contributed by atoms with Crippen molar-refractivity contribution in [2.24, 2.45) is 5.73 Å². The van der Waals surface area contributed by atoms with Gasteiger partial charge in [-0.05, 0) is 11.1 Å². The van der Waals surface area contributed by atoms with Crippen molar-refractivity contribution < 1.29 is 0 Å². The Morgan fingerprint density at radius 1 is 0.826 bits per heavy atom. The van der Waals surface area contributed by atoms with Gasteiger partial charge in [-0.15, -0.1) is 0 Å². The molecule has 4 heteroatoms. The molecule has 0 unspecified atom stereocenters. The van der Waals surface area contributed by atoms with E-state index in [9.17, 15) is 0 Å². The molecule has 2 heterocycles. The lowest BCUT2D eigenvalue weighted by Gasteiger charge is -2.06. The van der Waals surface area contributed by atoms with E-state index in [1.807, 2.05) is 22.9 Å². The normalized spacial score (nSPS) is 11.0. The molecule has 0 bridgehead atoms. The predicted octanol–water partition coefficient (Wildman–Crippen LogP) is 3.52. The molecule has 0 saturated heterocycles. The molecule has 0 aliphatic heterocycles. The Kier molecular flexibility index (Phi) is 3.37. The number of nitrogens with two attached hydrogens (primary N) is 1. The van der Waals surface area contributed by atoms with Crippen molar-refractivity contribution in [2.45, 2.75) is 6.54 Å². The Labute approximate surface area is 134 Å². The summed E-state index contributed by atoms with van der Waals surface area (Å²) in [5.74, 6) is 0. The van der Waals surface area contributed by atoms with Crippen LogP contribution in [0.5, 0.6) is 0 Å². The van der Waals surface area contributed by atoms with Gasteiger partial charge < -0.3 is 5.73 Å². The van der Waals surface area contributed by atoms with Gasteiger partial charge in [0, 0.05) is 24.5 Å². The van der Waals surface area contributed by atoms with E-state index in [1.54, 1.807) is 6.20 Å². The van der Waals surface area contributed by atoms with Gasteiger partial charge in [0.25, 0.3) is 0 Å². The molecule has 0 spiro atoms. The van der Waals surface area contributed by atoms with Gasteiger partial charge in [-0.25, -0.2) is 4.98 Å². The number of fused-ring (bicyclic) bond motifs is 1. The van der Waals surface area contributed by atoms with Crippen LogP contribution < -0.4 is 5.73 Å². The molecule has 0 fully saturated rings. The first-order chi connectivity index (χ1) is 11.4. The van der Waals surface area contributed by atoms with Gasteiger partial charge in [0.15, 0.2) is 5.65 Å². The average Bonchev–Trinajstić information content (AvgIpc) is 3.07. The Hall–Kier alpha value is -2.98. The van der Waals surface area contributed by atoms with Crippen molar-refractivity contribution >= 4 is 5.65 Å². The summed E-state index contributed by atoms with van der Waals surface area (Å²) in [6, 6.07) is 18.9. The summed E-state index contributed by atoms with van der Waals surface area (Å²) in [7, 11) is 0. The Morgan fingerprint density at radius 2 is 1.52 bits per heavy atom. The molecule has 4 nitrogen and oxygen atoms in total. The number of rotatable bonds is 3. The highest BCUT2D eigenvalue weighted by Gasteiger charge is 2.09. The quantitative estimate of drug-likeness (QED) is 0.630. The van der Waals surface area contributed by atoms with Crippen LogP contribution in [-0.4, -0.2) is 14.4 Å². The van der Waals surface area contributed by atoms with Gasteiger partial charge in [0.2, 0.25) is 0 Å². The molecular formula is C19H16N4. The molecule has 112 valence electrons. The smallest absolute Gasteiger partial charge is 0.160 e. The van der Waals surface area contributed by atoms with Crippen molar-refractivity contribution in [1.29, 1.82) is 0 Å². The second-order valence-electron chi connectivity index (χ2n) is 5.36. The topological polar surface area (TPSA) is 56.2 Å². The maximum absolute atomic E-state index is 5.73. The summed E-state index contributed by atoms with van der Waals surface area (Å²) in [5, 5.41) is 0. The minimum absolute atomic E-state index is 0.383. The van der Waals surface area contributed by atoms with Crippen LogP contribution in [0.2, 0.25) is 0 Å². The fourth-order valence-electron chi connectivity index (χ4n) is 2.79. The highest BCUT2D eigenvalue weighted by molar-refractivity contribution is 5.70. The SMILES string of the molecule is NCc1nccn2c(-c3ccc(-c4ccccc4)cc3)cnc12. The van der Waals surface area contributed by atoms with Gasteiger partial charge in [0.1, 0.15) is 0 Å². The largest absolute Gasteiger partial charge is 0.325 e. The Balaban J connectivity index is 1.77. The third-order valence-electron chi connectivity index (χ3n) is 3.98. The monoisotopic (exact) mass is 300 g/mol.